The standard InChI is InChI=1S/C25H23N5O2S/c1-3-14-30-24(19-10-5-7-12-23(19)32-2)27-28-25(30)33-17-22(31)20-16-29(15-8-13-26)21-11-6-4-9-18(20)21/h3-7,9-12,16H,1,8,14-15,17H2,2H3. The summed E-state index contributed by atoms with van der Waals surface area (Å²) in [6, 6.07) is 17.6. The maximum Gasteiger partial charge on any atom is 0.192 e. The Morgan fingerprint density at radius 3 is 2.79 bits per heavy atom. The third kappa shape index (κ3) is 4.54. The topological polar surface area (TPSA) is 85.7 Å². The fourth-order valence-electron chi connectivity index (χ4n) is 3.75. The van der Waals surface area contributed by atoms with E-state index in [-0.39, 0.29) is 11.5 Å². The lowest BCUT2D eigenvalue weighted by atomic mass is 10.1. The number of ketones is 1. The van der Waals surface area contributed by atoms with Gasteiger partial charge >= 0.3 is 0 Å². The van der Waals surface area contributed by atoms with Gasteiger partial charge in [0.2, 0.25) is 0 Å². The first-order valence-electron chi connectivity index (χ1n) is 10.5. The average Bonchev–Trinajstić information content (AvgIpc) is 3.43. The summed E-state index contributed by atoms with van der Waals surface area (Å²) in [4.78, 5) is 13.2. The van der Waals surface area contributed by atoms with Crippen LogP contribution in [0.5, 0.6) is 5.75 Å². The monoisotopic (exact) mass is 457 g/mol. The summed E-state index contributed by atoms with van der Waals surface area (Å²) in [5.41, 5.74) is 2.43. The van der Waals surface area contributed by atoms with Crippen molar-refractivity contribution in [1.29, 1.82) is 5.26 Å². The Bertz CT molecular complexity index is 1350. The van der Waals surface area contributed by atoms with Gasteiger partial charge < -0.3 is 9.30 Å². The third-order valence-electron chi connectivity index (χ3n) is 5.26. The predicted octanol–water partition coefficient (Wildman–Crippen LogP) is 4.98. The van der Waals surface area contributed by atoms with Crippen molar-refractivity contribution in [3.05, 3.63) is 72.9 Å². The lowest BCUT2D eigenvalue weighted by molar-refractivity contribution is 0.102. The second-order valence-corrected chi connectivity index (χ2v) is 8.22. The van der Waals surface area contributed by atoms with Crippen LogP contribution in [-0.2, 0) is 13.1 Å². The third-order valence-corrected chi connectivity index (χ3v) is 6.23. The van der Waals surface area contributed by atoms with Gasteiger partial charge in [0.15, 0.2) is 16.8 Å². The molecule has 2 heterocycles. The fourth-order valence-corrected chi connectivity index (χ4v) is 4.58. The molecule has 2 aromatic heterocycles. The Balaban J connectivity index is 1.60. The summed E-state index contributed by atoms with van der Waals surface area (Å²) < 4.78 is 9.38. The maximum absolute atomic E-state index is 13.2. The van der Waals surface area contributed by atoms with Crippen LogP contribution < -0.4 is 4.74 Å². The predicted molar refractivity (Wildman–Crippen MR) is 129 cm³/mol. The van der Waals surface area contributed by atoms with Crippen LogP contribution in [0.3, 0.4) is 0 Å². The molecule has 0 saturated carbocycles. The van der Waals surface area contributed by atoms with E-state index >= 15 is 0 Å². The van der Waals surface area contributed by atoms with Crippen LogP contribution in [0.25, 0.3) is 22.3 Å². The molecule has 33 heavy (non-hydrogen) atoms. The van der Waals surface area contributed by atoms with Gasteiger partial charge in [-0.3, -0.25) is 9.36 Å². The van der Waals surface area contributed by atoms with Crippen LogP contribution in [0.15, 0.2) is 72.5 Å². The molecule has 0 radical (unpaired) electrons. The fraction of sp³-hybridized carbons (Fsp3) is 0.200. The molecule has 2 aromatic carbocycles. The van der Waals surface area contributed by atoms with Crippen molar-refractivity contribution >= 4 is 28.4 Å². The van der Waals surface area contributed by atoms with Crippen LogP contribution >= 0.6 is 11.8 Å². The van der Waals surface area contributed by atoms with E-state index in [2.05, 4.69) is 22.8 Å². The van der Waals surface area contributed by atoms with Crippen molar-refractivity contribution < 1.29 is 9.53 Å². The van der Waals surface area contributed by atoms with Crippen LogP contribution in [0.4, 0.5) is 0 Å². The average molecular weight is 458 g/mol. The first kappa shape index (κ1) is 22.4. The summed E-state index contributed by atoms with van der Waals surface area (Å²) in [6.07, 6.45) is 4.01. The molecule has 0 aliphatic carbocycles. The second kappa shape index (κ2) is 10.2. The number of ether oxygens (including phenoxy) is 1. The Labute approximate surface area is 196 Å². The number of carbonyl (C=O) groups excluding carboxylic acids is 1. The summed E-state index contributed by atoms with van der Waals surface area (Å²) in [7, 11) is 1.62. The van der Waals surface area contributed by atoms with E-state index < -0.39 is 0 Å². The summed E-state index contributed by atoms with van der Waals surface area (Å²) in [5.74, 6) is 1.58. The van der Waals surface area contributed by atoms with Gasteiger partial charge in [-0.2, -0.15) is 5.26 Å². The number of para-hydroxylation sites is 2. The van der Waals surface area contributed by atoms with Gasteiger partial charge in [0.25, 0.3) is 0 Å². The number of fused-ring (bicyclic) bond motifs is 1. The van der Waals surface area contributed by atoms with E-state index in [0.717, 1.165) is 16.5 Å². The molecule has 0 amide bonds. The number of nitrogens with zero attached hydrogens (tertiary/aromatic N) is 5. The molecule has 0 N–H and O–H groups in total. The quantitative estimate of drug-likeness (QED) is 0.190. The molecule has 0 fully saturated rings. The van der Waals surface area contributed by atoms with E-state index in [0.29, 0.717) is 41.8 Å². The molecular weight excluding hydrogens is 434 g/mol. The second-order valence-electron chi connectivity index (χ2n) is 7.28. The zero-order valence-electron chi connectivity index (χ0n) is 18.3. The minimum atomic E-state index is -0.00102. The van der Waals surface area contributed by atoms with Gasteiger partial charge in [-0.15, -0.1) is 16.8 Å². The molecule has 4 aromatic rings. The van der Waals surface area contributed by atoms with Crippen molar-refractivity contribution in [3.63, 3.8) is 0 Å². The highest BCUT2D eigenvalue weighted by atomic mass is 32.2. The molecule has 0 unspecified atom stereocenters. The van der Waals surface area contributed by atoms with Crippen molar-refractivity contribution in [3.8, 4) is 23.2 Å². The van der Waals surface area contributed by atoms with Crippen LogP contribution in [0.1, 0.15) is 16.8 Å². The highest BCUT2D eigenvalue weighted by molar-refractivity contribution is 7.99. The summed E-state index contributed by atoms with van der Waals surface area (Å²) in [5, 5.41) is 19.2. The highest BCUT2D eigenvalue weighted by Crippen LogP contribution is 2.31. The van der Waals surface area contributed by atoms with Gasteiger partial charge in [0.1, 0.15) is 5.75 Å². The van der Waals surface area contributed by atoms with Crippen LogP contribution in [0.2, 0.25) is 0 Å². The number of nitriles is 1. The number of aryl methyl sites for hydroxylation is 1. The van der Waals surface area contributed by atoms with Crippen LogP contribution in [0, 0.1) is 11.3 Å². The minimum absolute atomic E-state index is 0.00102. The number of benzene rings is 2. The summed E-state index contributed by atoms with van der Waals surface area (Å²) in [6.45, 7) is 4.90. The molecule has 7 nitrogen and oxygen atoms in total. The first-order chi connectivity index (χ1) is 16.2. The molecule has 0 aliphatic rings. The maximum atomic E-state index is 13.2. The minimum Gasteiger partial charge on any atom is -0.496 e. The Morgan fingerprint density at radius 1 is 1.21 bits per heavy atom. The number of thioether (sulfide) groups is 1. The van der Waals surface area contributed by atoms with Crippen molar-refractivity contribution in [2.24, 2.45) is 0 Å². The van der Waals surface area contributed by atoms with E-state index in [1.165, 1.54) is 11.8 Å². The van der Waals surface area contributed by atoms with Gasteiger partial charge in [0.05, 0.1) is 30.9 Å². The zero-order valence-corrected chi connectivity index (χ0v) is 19.1. The van der Waals surface area contributed by atoms with Gasteiger partial charge in [-0.05, 0) is 18.2 Å². The van der Waals surface area contributed by atoms with Crippen LogP contribution in [-0.4, -0.2) is 38.0 Å². The van der Waals surface area contributed by atoms with Gasteiger partial charge in [-0.1, -0.05) is 48.2 Å². The number of carbonyl (C=O) groups is 1. The van der Waals surface area contributed by atoms with Crippen molar-refractivity contribution in [1.82, 2.24) is 19.3 Å². The largest absolute Gasteiger partial charge is 0.496 e. The SMILES string of the molecule is C=CCn1c(SCC(=O)c2cn(CCC#N)c3ccccc23)nnc1-c1ccccc1OC. The molecule has 0 atom stereocenters. The Morgan fingerprint density at radius 2 is 2.00 bits per heavy atom. The normalized spacial score (nSPS) is 10.8. The lowest BCUT2D eigenvalue weighted by Gasteiger charge is -2.10. The number of rotatable bonds is 10. The molecular formula is C25H23N5O2S. The van der Waals surface area contributed by atoms with E-state index in [9.17, 15) is 4.79 Å². The number of aromatic nitrogens is 4. The Kier molecular flexibility index (Phi) is 6.91. The highest BCUT2D eigenvalue weighted by Gasteiger charge is 2.20. The molecule has 4 rings (SSSR count). The van der Waals surface area contributed by atoms with E-state index in [1.807, 2.05) is 63.9 Å². The van der Waals surface area contributed by atoms with Gasteiger partial charge in [-0.25, -0.2) is 0 Å². The molecule has 0 aliphatic heterocycles. The number of methoxy groups -OCH3 is 1. The Hall–Kier alpha value is -3.83. The number of hydrogen-bond acceptors (Lipinski definition) is 6. The number of allylic oxidation sites excluding steroid dienone is 1. The van der Waals surface area contributed by atoms with E-state index in [4.69, 9.17) is 10.00 Å². The molecule has 0 saturated heterocycles. The van der Waals surface area contributed by atoms with Crippen molar-refractivity contribution in [2.45, 2.75) is 24.7 Å². The van der Waals surface area contributed by atoms with Crippen molar-refractivity contribution in [2.75, 3.05) is 12.9 Å². The lowest BCUT2D eigenvalue weighted by Crippen LogP contribution is -2.05. The zero-order chi connectivity index (χ0) is 23.2. The summed E-state index contributed by atoms with van der Waals surface area (Å²) >= 11 is 1.34. The first-order valence-corrected chi connectivity index (χ1v) is 11.4. The molecule has 166 valence electrons. The number of Topliss-reactive ketones (excluding diaryl/α,β-unsaturated/α-hetero) is 1. The number of hydrogen-bond donors (Lipinski definition) is 0. The van der Waals surface area contributed by atoms with E-state index in [1.54, 1.807) is 13.2 Å². The van der Waals surface area contributed by atoms with Gasteiger partial charge in [0, 0.05) is 35.8 Å². The molecule has 0 spiro atoms. The molecule has 8 heteroatoms. The smallest absolute Gasteiger partial charge is 0.192 e. The molecule has 0 bridgehead atoms.